The second kappa shape index (κ2) is 4.84. The van der Waals surface area contributed by atoms with Crippen molar-refractivity contribution in [3.8, 4) is 11.5 Å². The van der Waals surface area contributed by atoms with Gasteiger partial charge in [0, 0.05) is 12.5 Å². The quantitative estimate of drug-likeness (QED) is 0.660. The summed E-state index contributed by atoms with van der Waals surface area (Å²) in [6.45, 7) is 0.295. The van der Waals surface area contributed by atoms with Crippen LogP contribution in [0.1, 0.15) is 44.2 Å². The van der Waals surface area contributed by atoms with Crippen molar-refractivity contribution in [3.05, 3.63) is 58.7 Å². The number of hydrogen-bond donors (Lipinski definition) is 2. The van der Waals surface area contributed by atoms with E-state index in [1.807, 2.05) is 18.2 Å². The van der Waals surface area contributed by atoms with E-state index in [1.54, 1.807) is 0 Å². The molecule has 2 aromatic carbocycles. The zero-order valence-corrected chi connectivity index (χ0v) is 12.3. The molecule has 0 radical (unpaired) electrons. The molecule has 1 unspecified atom stereocenters. The van der Waals surface area contributed by atoms with Crippen molar-refractivity contribution in [3.63, 3.8) is 0 Å². The summed E-state index contributed by atoms with van der Waals surface area (Å²) in [5, 5.41) is 19.4. The molecule has 1 heterocycles. The molecule has 1 aliphatic heterocycles. The Morgan fingerprint density at radius 3 is 2.65 bits per heavy atom. The number of nitrogens with zero attached hydrogens (tertiary/aromatic N) is 1. The Kier molecular flexibility index (Phi) is 2.91. The van der Waals surface area contributed by atoms with Gasteiger partial charge in [-0.1, -0.05) is 24.3 Å². The summed E-state index contributed by atoms with van der Waals surface area (Å²) < 4.78 is 0. The van der Waals surface area contributed by atoms with E-state index in [1.165, 1.54) is 28.2 Å². The van der Waals surface area contributed by atoms with Crippen molar-refractivity contribution in [1.29, 1.82) is 0 Å². The number of hydrogen-bond acceptors (Lipinski definition) is 4. The van der Waals surface area contributed by atoms with E-state index in [-0.39, 0.29) is 17.0 Å². The molecule has 0 aromatic heterocycles. The maximum absolute atomic E-state index is 12.5. The third-order valence-electron chi connectivity index (χ3n) is 4.75. The second-order valence-corrected chi connectivity index (χ2v) is 6.01. The van der Waals surface area contributed by atoms with Crippen LogP contribution in [0.2, 0.25) is 0 Å². The summed E-state index contributed by atoms with van der Waals surface area (Å²) in [5.74, 6) is -1.75. The van der Waals surface area contributed by atoms with Crippen LogP contribution in [0.15, 0.2) is 36.4 Å². The van der Waals surface area contributed by atoms with Crippen LogP contribution in [-0.4, -0.2) is 33.5 Å². The first-order valence-corrected chi connectivity index (χ1v) is 7.57. The van der Waals surface area contributed by atoms with E-state index in [0.29, 0.717) is 6.54 Å². The molecule has 2 N–H and O–H groups in total. The highest BCUT2D eigenvalue weighted by Crippen LogP contribution is 2.39. The zero-order chi connectivity index (χ0) is 16.1. The summed E-state index contributed by atoms with van der Waals surface area (Å²) in [6.07, 6.45) is 1.83. The third-order valence-corrected chi connectivity index (χ3v) is 4.75. The fourth-order valence-corrected chi connectivity index (χ4v) is 3.57. The molecule has 0 fully saturated rings. The summed E-state index contributed by atoms with van der Waals surface area (Å²) in [5.41, 5.74) is 2.49. The number of carbonyl (C=O) groups excluding carboxylic acids is 2. The highest BCUT2D eigenvalue weighted by Gasteiger charge is 2.40. The van der Waals surface area contributed by atoms with Gasteiger partial charge >= 0.3 is 0 Å². The van der Waals surface area contributed by atoms with Crippen LogP contribution < -0.4 is 0 Å². The number of carbonyl (C=O) groups is 2. The van der Waals surface area contributed by atoms with Crippen LogP contribution in [0.3, 0.4) is 0 Å². The summed E-state index contributed by atoms with van der Waals surface area (Å²) in [7, 11) is 0. The van der Waals surface area contributed by atoms with Crippen molar-refractivity contribution >= 4 is 11.8 Å². The van der Waals surface area contributed by atoms with E-state index in [9.17, 15) is 19.8 Å². The first-order valence-electron chi connectivity index (χ1n) is 7.57. The molecule has 0 spiro atoms. The molecule has 5 nitrogen and oxygen atoms in total. The van der Waals surface area contributed by atoms with Crippen LogP contribution in [0.5, 0.6) is 11.5 Å². The van der Waals surface area contributed by atoms with Gasteiger partial charge in [0.05, 0.1) is 11.1 Å². The number of fused-ring (bicyclic) bond motifs is 2. The average molecular weight is 309 g/mol. The number of phenols is 2. The van der Waals surface area contributed by atoms with Gasteiger partial charge in [0.15, 0.2) is 11.5 Å². The van der Waals surface area contributed by atoms with Crippen molar-refractivity contribution in [2.45, 2.75) is 18.8 Å². The number of rotatable bonds is 2. The van der Waals surface area contributed by atoms with Gasteiger partial charge < -0.3 is 10.2 Å². The maximum atomic E-state index is 12.5. The number of aromatic hydroxyl groups is 2. The summed E-state index contributed by atoms with van der Waals surface area (Å²) in [4.78, 5) is 26.2. The molecular weight excluding hydrogens is 294 g/mol. The van der Waals surface area contributed by atoms with Crippen LogP contribution in [0, 0.1) is 0 Å². The Hall–Kier alpha value is -2.82. The normalized spacial score (nSPS) is 19.1. The molecule has 2 aromatic rings. The predicted molar refractivity (Wildman–Crippen MR) is 82.6 cm³/mol. The van der Waals surface area contributed by atoms with Gasteiger partial charge in [0.2, 0.25) is 0 Å². The number of imide groups is 1. The van der Waals surface area contributed by atoms with Crippen LogP contribution in [-0.2, 0) is 6.42 Å². The Morgan fingerprint density at radius 1 is 1.04 bits per heavy atom. The SMILES string of the molecule is O=C1c2ccc(O)c(O)c2C(=O)N1CC1CCc2ccccc21. The molecular formula is C18H15NO4. The smallest absolute Gasteiger partial charge is 0.265 e. The Morgan fingerprint density at radius 2 is 1.83 bits per heavy atom. The van der Waals surface area contributed by atoms with E-state index < -0.39 is 23.3 Å². The first-order chi connectivity index (χ1) is 11.1. The lowest BCUT2D eigenvalue weighted by atomic mass is 10.0. The molecule has 2 aliphatic rings. The van der Waals surface area contributed by atoms with E-state index in [4.69, 9.17) is 0 Å². The zero-order valence-electron chi connectivity index (χ0n) is 12.3. The summed E-state index contributed by atoms with van der Waals surface area (Å²) in [6, 6.07) is 10.7. The van der Waals surface area contributed by atoms with Gasteiger partial charge in [-0.25, -0.2) is 0 Å². The molecule has 0 bridgehead atoms. The Labute approximate surface area is 132 Å². The monoisotopic (exact) mass is 309 g/mol. The lowest BCUT2D eigenvalue weighted by Gasteiger charge is -2.19. The largest absolute Gasteiger partial charge is 0.504 e. The van der Waals surface area contributed by atoms with Gasteiger partial charge in [0.25, 0.3) is 11.8 Å². The molecule has 23 heavy (non-hydrogen) atoms. The minimum absolute atomic E-state index is 0.0960. The van der Waals surface area contributed by atoms with Crippen LogP contribution >= 0.6 is 0 Å². The molecule has 0 saturated carbocycles. The summed E-state index contributed by atoms with van der Waals surface area (Å²) >= 11 is 0. The molecule has 1 aliphatic carbocycles. The molecule has 5 heteroatoms. The molecule has 4 rings (SSSR count). The van der Waals surface area contributed by atoms with Gasteiger partial charge in [-0.05, 0) is 36.1 Å². The van der Waals surface area contributed by atoms with E-state index in [2.05, 4.69) is 6.07 Å². The lowest BCUT2D eigenvalue weighted by Crippen LogP contribution is -2.33. The fraction of sp³-hybridized carbons (Fsp3) is 0.222. The van der Waals surface area contributed by atoms with Crippen LogP contribution in [0.25, 0.3) is 0 Å². The molecule has 0 saturated heterocycles. The van der Waals surface area contributed by atoms with Gasteiger partial charge in [-0.3, -0.25) is 14.5 Å². The standard InChI is InChI=1S/C18H15NO4/c20-14-8-7-13-15(16(14)21)18(23)19(17(13)22)9-11-6-5-10-3-1-2-4-12(10)11/h1-4,7-8,11,20-21H,5-6,9H2. The Balaban J connectivity index is 1.66. The minimum atomic E-state index is -0.539. The van der Waals surface area contributed by atoms with Gasteiger partial charge in [-0.15, -0.1) is 0 Å². The van der Waals surface area contributed by atoms with Crippen molar-refractivity contribution in [1.82, 2.24) is 4.90 Å². The van der Waals surface area contributed by atoms with Crippen molar-refractivity contribution in [2.24, 2.45) is 0 Å². The topological polar surface area (TPSA) is 77.8 Å². The highest BCUT2D eigenvalue weighted by molar-refractivity contribution is 6.22. The molecule has 2 amide bonds. The minimum Gasteiger partial charge on any atom is -0.504 e. The number of amides is 2. The Bertz CT molecular complexity index is 843. The number of phenolic OH excluding ortho intramolecular Hbond substituents is 2. The molecule has 116 valence electrons. The van der Waals surface area contributed by atoms with Crippen molar-refractivity contribution < 1.29 is 19.8 Å². The van der Waals surface area contributed by atoms with E-state index in [0.717, 1.165) is 12.8 Å². The fourth-order valence-electron chi connectivity index (χ4n) is 3.57. The first kappa shape index (κ1) is 13.8. The molecule has 1 atom stereocenters. The highest BCUT2D eigenvalue weighted by atomic mass is 16.3. The van der Waals surface area contributed by atoms with Crippen molar-refractivity contribution in [2.75, 3.05) is 6.54 Å². The van der Waals surface area contributed by atoms with Crippen LogP contribution in [0.4, 0.5) is 0 Å². The van der Waals surface area contributed by atoms with Gasteiger partial charge in [-0.2, -0.15) is 0 Å². The lowest BCUT2D eigenvalue weighted by molar-refractivity contribution is 0.0643. The maximum Gasteiger partial charge on any atom is 0.265 e. The third kappa shape index (κ3) is 1.93. The second-order valence-electron chi connectivity index (χ2n) is 6.01. The predicted octanol–water partition coefficient (Wildman–Crippen LogP) is 2.42. The van der Waals surface area contributed by atoms with Gasteiger partial charge in [0.1, 0.15) is 0 Å². The van der Waals surface area contributed by atoms with E-state index >= 15 is 0 Å². The number of aryl methyl sites for hydroxylation is 1. The average Bonchev–Trinajstić information content (AvgIpc) is 3.06. The number of benzene rings is 2.